The lowest BCUT2D eigenvalue weighted by atomic mass is 10.1. The minimum absolute atomic E-state index is 0.496. The number of hydrogen-bond donors (Lipinski definition) is 2. The molecule has 3 nitrogen and oxygen atoms in total. The minimum atomic E-state index is 0.496. The van der Waals surface area contributed by atoms with Crippen molar-refractivity contribution in [1.82, 2.24) is 5.43 Å². The van der Waals surface area contributed by atoms with E-state index in [2.05, 4.69) is 42.7 Å². The third-order valence-electron chi connectivity index (χ3n) is 3.59. The highest BCUT2D eigenvalue weighted by Crippen LogP contribution is 2.17. The Hall–Kier alpha value is -2.20. The molecule has 0 aliphatic rings. The van der Waals surface area contributed by atoms with Gasteiger partial charge in [-0.05, 0) is 55.2 Å². The Kier molecular flexibility index (Phi) is 5.67. The van der Waals surface area contributed by atoms with Crippen molar-refractivity contribution in [2.75, 3.05) is 5.32 Å². The maximum absolute atomic E-state index is 5.33. The number of hydrogen-bond acceptors (Lipinski definition) is 2. The monoisotopic (exact) mass is 311 g/mol. The van der Waals surface area contributed by atoms with Gasteiger partial charge in [0, 0.05) is 5.69 Å². The Bertz CT molecular complexity index is 678. The summed E-state index contributed by atoms with van der Waals surface area (Å²) in [4.78, 5) is 0. The lowest BCUT2D eigenvalue weighted by molar-refractivity contribution is 1.02. The third kappa shape index (κ3) is 4.15. The molecule has 0 saturated heterocycles. The van der Waals surface area contributed by atoms with Crippen molar-refractivity contribution >= 4 is 28.7 Å². The summed E-state index contributed by atoms with van der Waals surface area (Å²) < 4.78 is 0. The van der Waals surface area contributed by atoms with E-state index in [4.69, 9.17) is 12.2 Å². The number of hydrazone groups is 1. The van der Waals surface area contributed by atoms with Crippen LogP contribution in [0.3, 0.4) is 0 Å². The summed E-state index contributed by atoms with van der Waals surface area (Å²) in [7, 11) is 0. The van der Waals surface area contributed by atoms with Crippen molar-refractivity contribution < 1.29 is 0 Å². The molecule has 0 atom stereocenters. The van der Waals surface area contributed by atoms with Gasteiger partial charge in [-0.2, -0.15) is 5.10 Å². The Morgan fingerprint density at radius 1 is 1.05 bits per heavy atom. The van der Waals surface area contributed by atoms with Crippen LogP contribution < -0.4 is 10.7 Å². The van der Waals surface area contributed by atoms with E-state index in [0.717, 1.165) is 23.4 Å². The van der Waals surface area contributed by atoms with Crippen molar-refractivity contribution in [3.05, 3.63) is 65.2 Å². The quantitative estimate of drug-likeness (QED) is 0.499. The van der Waals surface area contributed by atoms with Crippen molar-refractivity contribution in [2.45, 2.75) is 27.2 Å². The highest BCUT2D eigenvalue weighted by atomic mass is 32.1. The average Bonchev–Trinajstić information content (AvgIpc) is 2.53. The molecule has 2 rings (SSSR count). The SMILES string of the molecule is CCC(=NNC(=S)Nc1cccc(C)c1C)c1ccccc1. The summed E-state index contributed by atoms with van der Waals surface area (Å²) in [6, 6.07) is 16.2. The molecule has 0 fully saturated rings. The standard InChI is InChI=1S/C18H21N3S/c1-4-16(15-10-6-5-7-11-15)20-21-18(22)19-17-12-8-9-13(2)14(17)3/h5-12H,4H2,1-3H3,(H2,19,21,22). The van der Waals surface area contributed by atoms with Gasteiger partial charge in [-0.3, -0.25) is 5.43 Å². The average molecular weight is 311 g/mol. The van der Waals surface area contributed by atoms with Crippen molar-refractivity contribution in [2.24, 2.45) is 5.10 Å². The van der Waals surface area contributed by atoms with E-state index >= 15 is 0 Å². The first-order valence-electron chi connectivity index (χ1n) is 7.37. The van der Waals surface area contributed by atoms with Crippen LogP contribution in [0, 0.1) is 13.8 Å². The molecule has 114 valence electrons. The second-order valence-electron chi connectivity index (χ2n) is 5.09. The van der Waals surface area contributed by atoms with Crippen LogP contribution in [0.2, 0.25) is 0 Å². The predicted octanol–water partition coefficient (Wildman–Crippen LogP) is 4.40. The van der Waals surface area contributed by atoms with Gasteiger partial charge in [-0.25, -0.2) is 0 Å². The van der Waals surface area contributed by atoms with Crippen LogP contribution in [-0.2, 0) is 0 Å². The number of nitrogens with zero attached hydrogens (tertiary/aromatic N) is 1. The number of aryl methyl sites for hydroxylation is 1. The van der Waals surface area contributed by atoms with Crippen molar-refractivity contribution in [1.29, 1.82) is 0 Å². The van der Waals surface area contributed by atoms with E-state index in [9.17, 15) is 0 Å². The summed E-state index contributed by atoms with van der Waals surface area (Å²) in [6.07, 6.45) is 0.836. The lowest BCUT2D eigenvalue weighted by Gasteiger charge is -2.12. The summed E-state index contributed by atoms with van der Waals surface area (Å²) in [5.74, 6) is 0. The molecule has 2 aromatic rings. The molecule has 0 saturated carbocycles. The fourth-order valence-electron chi connectivity index (χ4n) is 2.13. The molecule has 2 aromatic carbocycles. The van der Waals surface area contributed by atoms with E-state index in [0.29, 0.717) is 5.11 Å². The first-order chi connectivity index (χ1) is 10.6. The molecule has 0 aliphatic carbocycles. The zero-order valence-electron chi connectivity index (χ0n) is 13.2. The van der Waals surface area contributed by atoms with Gasteiger partial charge >= 0.3 is 0 Å². The zero-order valence-corrected chi connectivity index (χ0v) is 14.0. The molecule has 0 heterocycles. The van der Waals surface area contributed by atoms with Gasteiger partial charge in [0.2, 0.25) is 0 Å². The Labute approximate surface area is 137 Å². The molecule has 0 bridgehead atoms. The summed E-state index contributed by atoms with van der Waals surface area (Å²) in [5, 5.41) is 8.11. The molecule has 0 spiro atoms. The van der Waals surface area contributed by atoms with Crippen LogP contribution in [0.4, 0.5) is 5.69 Å². The van der Waals surface area contributed by atoms with Crippen LogP contribution in [0.25, 0.3) is 0 Å². The minimum Gasteiger partial charge on any atom is -0.331 e. The van der Waals surface area contributed by atoms with Crippen LogP contribution in [0.15, 0.2) is 53.6 Å². The highest BCUT2D eigenvalue weighted by Gasteiger charge is 2.04. The predicted molar refractivity (Wildman–Crippen MR) is 98.5 cm³/mol. The highest BCUT2D eigenvalue weighted by molar-refractivity contribution is 7.80. The number of nitrogens with one attached hydrogen (secondary N) is 2. The smallest absolute Gasteiger partial charge is 0.191 e. The Morgan fingerprint density at radius 2 is 1.77 bits per heavy atom. The fraction of sp³-hybridized carbons (Fsp3) is 0.222. The van der Waals surface area contributed by atoms with Crippen molar-refractivity contribution in [3.8, 4) is 0 Å². The first-order valence-corrected chi connectivity index (χ1v) is 7.77. The van der Waals surface area contributed by atoms with Gasteiger partial charge < -0.3 is 5.32 Å². The van der Waals surface area contributed by atoms with Crippen LogP contribution in [-0.4, -0.2) is 10.8 Å². The van der Waals surface area contributed by atoms with Gasteiger partial charge in [0.25, 0.3) is 0 Å². The molecule has 0 amide bonds. The first kappa shape index (κ1) is 16.2. The van der Waals surface area contributed by atoms with Gasteiger partial charge in [-0.15, -0.1) is 0 Å². The molecule has 0 aliphatic heterocycles. The number of benzene rings is 2. The van der Waals surface area contributed by atoms with E-state index in [1.54, 1.807) is 0 Å². The molecular formula is C18H21N3S. The summed E-state index contributed by atoms with van der Waals surface area (Å²) >= 11 is 5.33. The van der Waals surface area contributed by atoms with E-state index in [1.165, 1.54) is 11.1 Å². The summed E-state index contributed by atoms with van der Waals surface area (Å²) in [5.41, 5.74) is 8.44. The molecule has 0 unspecified atom stereocenters. The Balaban J connectivity index is 2.05. The van der Waals surface area contributed by atoms with Crippen LogP contribution in [0.5, 0.6) is 0 Å². The number of rotatable bonds is 4. The maximum atomic E-state index is 5.33. The maximum Gasteiger partial charge on any atom is 0.191 e. The topological polar surface area (TPSA) is 36.4 Å². The van der Waals surface area contributed by atoms with E-state index in [1.807, 2.05) is 42.5 Å². The van der Waals surface area contributed by atoms with Gasteiger partial charge in [0.05, 0.1) is 5.71 Å². The molecule has 0 radical (unpaired) electrons. The lowest BCUT2D eigenvalue weighted by Crippen LogP contribution is -2.25. The van der Waals surface area contributed by atoms with Gasteiger partial charge in [-0.1, -0.05) is 49.4 Å². The second-order valence-corrected chi connectivity index (χ2v) is 5.50. The number of thiocarbonyl (C=S) groups is 1. The number of anilines is 1. The largest absolute Gasteiger partial charge is 0.331 e. The summed E-state index contributed by atoms with van der Waals surface area (Å²) in [6.45, 7) is 6.24. The van der Waals surface area contributed by atoms with E-state index < -0.39 is 0 Å². The molecule has 0 aromatic heterocycles. The second kappa shape index (κ2) is 7.71. The molecular weight excluding hydrogens is 290 g/mol. The van der Waals surface area contributed by atoms with Crippen LogP contribution in [0.1, 0.15) is 30.0 Å². The van der Waals surface area contributed by atoms with Gasteiger partial charge in [0.1, 0.15) is 0 Å². The zero-order chi connectivity index (χ0) is 15.9. The van der Waals surface area contributed by atoms with E-state index in [-0.39, 0.29) is 0 Å². The molecule has 4 heteroatoms. The molecule has 2 N–H and O–H groups in total. The van der Waals surface area contributed by atoms with Gasteiger partial charge in [0.15, 0.2) is 5.11 Å². The van der Waals surface area contributed by atoms with Crippen LogP contribution >= 0.6 is 12.2 Å². The van der Waals surface area contributed by atoms with Crippen molar-refractivity contribution in [3.63, 3.8) is 0 Å². The third-order valence-corrected chi connectivity index (χ3v) is 3.78. The molecule has 22 heavy (non-hydrogen) atoms. The fourth-order valence-corrected chi connectivity index (χ4v) is 2.29. The normalized spacial score (nSPS) is 11.1. The Morgan fingerprint density at radius 3 is 2.45 bits per heavy atom.